The fourth-order valence-corrected chi connectivity index (χ4v) is 2.75. The number of aryl methyl sites for hydroxylation is 1. The van der Waals surface area contributed by atoms with Crippen LogP contribution >= 0.6 is 0 Å². The molecule has 2 aromatic carbocycles. The number of hydrogen-bond acceptors (Lipinski definition) is 3. The van der Waals surface area contributed by atoms with Gasteiger partial charge >= 0.3 is 6.03 Å². The minimum absolute atomic E-state index is 0.259. The van der Waals surface area contributed by atoms with Crippen LogP contribution in [0.5, 0.6) is 0 Å². The van der Waals surface area contributed by atoms with Gasteiger partial charge in [-0.05, 0) is 42.7 Å². The first kappa shape index (κ1) is 16.8. The van der Waals surface area contributed by atoms with Crippen LogP contribution in [0.4, 0.5) is 9.18 Å². The van der Waals surface area contributed by atoms with E-state index in [9.17, 15) is 18.8 Å². The van der Waals surface area contributed by atoms with Gasteiger partial charge in [-0.2, -0.15) is 0 Å². The SMILES string of the molecule is O=C(CN1C(=O)NC(CCc2ccccc2)C1=O)c1ccc(F)cc1. The number of halogens is 1. The summed E-state index contributed by atoms with van der Waals surface area (Å²) in [7, 11) is 0. The molecule has 3 amide bonds. The maximum absolute atomic E-state index is 12.9. The highest BCUT2D eigenvalue weighted by Crippen LogP contribution is 2.14. The lowest BCUT2D eigenvalue weighted by molar-refractivity contribution is -0.127. The Morgan fingerprint density at radius 2 is 1.72 bits per heavy atom. The van der Waals surface area contributed by atoms with Crippen molar-refractivity contribution in [3.63, 3.8) is 0 Å². The van der Waals surface area contributed by atoms with Crippen LogP contribution in [-0.2, 0) is 11.2 Å². The standard InChI is InChI=1S/C19H17FN2O3/c20-15-9-7-14(8-10-15)17(23)12-22-18(24)16(21-19(22)25)11-6-13-4-2-1-3-5-13/h1-5,7-10,16H,6,11-12H2,(H,21,25). The van der Waals surface area contributed by atoms with Gasteiger partial charge in [-0.1, -0.05) is 30.3 Å². The molecule has 0 aliphatic carbocycles. The van der Waals surface area contributed by atoms with Crippen molar-refractivity contribution in [2.45, 2.75) is 18.9 Å². The Balaban J connectivity index is 1.61. The quantitative estimate of drug-likeness (QED) is 0.649. The van der Waals surface area contributed by atoms with Crippen LogP contribution < -0.4 is 5.32 Å². The second-order valence-electron chi connectivity index (χ2n) is 5.88. The number of benzene rings is 2. The van der Waals surface area contributed by atoms with Crippen LogP contribution in [0, 0.1) is 5.82 Å². The smallest absolute Gasteiger partial charge is 0.325 e. The monoisotopic (exact) mass is 340 g/mol. The van der Waals surface area contributed by atoms with Gasteiger partial charge in [0.2, 0.25) is 0 Å². The summed E-state index contributed by atoms with van der Waals surface area (Å²) in [5.41, 5.74) is 1.33. The molecular weight excluding hydrogens is 323 g/mol. The van der Waals surface area contributed by atoms with Gasteiger partial charge < -0.3 is 5.32 Å². The Kier molecular flexibility index (Phi) is 4.88. The summed E-state index contributed by atoms with van der Waals surface area (Å²) in [4.78, 5) is 37.5. The highest BCUT2D eigenvalue weighted by Gasteiger charge is 2.38. The lowest BCUT2D eigenvalue weighted by Gasteiger charge is -2.12. The molecule has 0 aromatic heterocycles. The molecule has 1 unspecified atom stereocenters. The summed E-state index contributed by atoms with van der Waals surface area (Å²) in [5, 5.41) is 2.62. The molecule has 25 heavy (non-hydrogen) atoms. The lowest BCUT2D eigenvalue weighted by Crippen LogP contribution is -2.36. The van der Waals surface area contributed by atoms with Crippen LogP contribution in [0.15, 0.2) is 54.6 Å². The van der Waals surface area contributed by atoms with Gasteiger partial charge in [0.25, 0.3) is 5.91 Å². The van der Waals surface area contributed by atoms with Crippen molar-refractivity contribution >= 4 is 17.7 Å². The molecule has 3 rings (SSSR count). The van der Waals surface area contributed by atoms with Crippen LogP contribution in [0.2, 0.25) is 0 Å². The number of nitrogens with one attached hydrogen (secondary N) is 1. The first-order valence-corrected chi connectivity index (χ1v) is 7.99. The van der Waals surface area contributed by atoms with Gasteiger partial charge in [-0.15, -0.1) is 0 Å². The molecule has 2 aromatic rings. The molecule has 6 heteroatoms. The first-order chi connectivity index (χ1) is 12.0. The van der Waals surface area contributed by atoms with E-state index in [4.69, 9.17) is 0 Å². The van der Waals surface area contributed by atoms with Crippen molar-refractivity contribution in [1.82, 2.24) is 10.2 Å². The molecule has 1 aliphatic heterocycles. The molecule has 1 heterocycles. The number of imide groups is 1. The predicted molar refractivity (Wildman–Crippen MR) is 89.5 cm³/mol. The maximum atomic E-state index is 12.9. The van der Waals surface area contributed by atoms with Gasteiger partial charge in [0.15, 0.2) is 5.78 Å². The third-order valence-electron chi connectivity index (χ3n) is 4.14. The number of amides is 3. The number of nitrogens with zero attached hydrogens (tertiary/aromatic N) is 1. The molecule has 0 bridgehead atoms. The number of hydrogen-bond donors (Lipinski definition) is 1. The van der Waals surface area contributed by atoms with E-state index in [0.29, 0.717) is 12.8 Å². The van der Waals surface area contributed by atoms with Gasteiger partial charge in [0.1, 0.15) is 11.9 Å². The zero-order valence-corrected chi connectivity index (χ0v) is 13.4. The van der Waals surface area contributed by atoms with Crippen molar-refractivity contribution in [3.8, 4) is 0 Å². The van der Waals surface area contributed by atoms with Crippen molar-refractivity contribution in [2.24, 2.45) is 0 Å². The summed E-state index contributed by atoms with van der Waals surface area (Å²) in [6, 6.07) is 13.5. The normalized spacial score (nSPS) is 16.8. The van der Waals surface area contributed by atoms with Crippen molar-refractivity contribution < 1.29 is 18.8 Å². The topological polar surface area (TPSA) is 66.5 Å². The van der Waals surface area contributed by atoms with E-state index >= 15 is 0 Å². The number of carbonyl (C=O) groups excluding carboxylic acids is 3. The van der Waals surface area contributed by atoms with Crippen LogP contribution in [0.25, 0.3) is 0 Å². The minimum Gasteiger partial charge on any atom is -0.326 e. The van der Waals surface area contributed by atoms with Crippen LogP contribution in [-0.4, -0.2) is 35.2 Å². The van der Waals surface area contributed by atoms with Crippen LogP contribution in [0.3, 0.4) is 0 Å². The third kappa shape index (κ3) is 3.91. The molecule has 1 atom stereocenters. The average molecular weight is 340 g/mol. The Labute approximate surface area is 144 Å². The maximum Gasteiger partial charge on any atom is 0.325 e. The second kappa shape index (κ2) is 7.25. The summed E-state index contributed by atoms with van der Waals surface area (Å²) >= 11 is 0. The summed E-state index contributed by atoms with van der Waals surface area (Å²) < 4.78 is 12.9. The van der Waals surface area contributed by atoms with Crippen molar-refractivity contribution in [1.29, 1.82) is 0 Å². The summed E-state index contributed by atoms with van der Waals surface area (Å²) in [6.45, 7) is -0.349. The fourth-order valence-electron chi connectivity index (χ4n) is 2.75. The van der Waals surface area contributed by atoms with Crippen molar-refractivity contribution in [3.05, 3.63) is 71.5 Å². The molecular formula is C19H17FN2O3. The highest BCUT2D eigenvalue weighted by atomic mass is 19.1. The average Bonchev–Trinajstić information content (AvgIpc) is 2.89. The molecule has 0 spiro atoms. The number of ketones is 1. The molecule has 0 radical (unpaired) electrons. The van der Waals surface area contributed by atoms with Gasteiger partial charge in [0, 0.05) is 5.56 Å². The van der Waals surface area contributed by atoms with Gasteiger partial charge in [-0.3, -0.25) is 14.5 Å². The minimum atomic E-state index is -0.631. The van der Waals surface area contributed by atoms with Crippen molar-refractivity contribution in [2.75, 3.05) is 6.54 Å². The molecule has 1 N–H and O–H groups in total. The zero-order valence-electron chi connectivity index (χ0n) is 13.4. The molecule has 1 saturated heterocycles. The van der Waals surface area contributed by atoms with E-state index in [0.717, 1.165) is 10.5 Å². The Bertz CT molecular complexity index is 790. The molecule has 1 aliphatic rings. The Hall–Kier alpha value is -3.02. The second-order valence-corrected chi connectivity index (χ2v) is 5.88. The Morgan fingerprint density at radius 1 is 1.04 bits per heavy atom. The van der Waals surface area contributed by atoms with E-state index in [1.165, 1.54) is 24.3 Å². The number of urea groups is 1. The summed E-state index contributed by atoms with van der Waals surface area (Å²) in [5.74, 6) is -1.27. The summed E-state index contributed by atoms with van der Waals surface area (Å²) in [6.07, 6.45) is 1.12. The molecule has 0 saturated carbocycles. The Morgan fingerprint density at radius 3 is 2.40 bits per heavy atom. The van der Waals surface area contributed by atoms with Gasteiger partial charge in [-0.25, -0.2) is 9.18 Å². The third-order valence-corrected chi connectivity index (χ3v) is 4.14. The molecule has 128 valence electrons. The predicted octanol–water partition coefficient (Wildman–Crippen LogP) is 2.56. The first-order valence-electron chi connectivity index (χ1n) is 7.99. The van der Waals surface area contributed by atoms with E-state index < -0.39 is 29.6 Å². The van der Waals surface area contributed by atoms with E-state index in [2.05, 4.69) is 5.32 Å². The number of rotatable bonds is 6. The number of carbonyl (C=O) groups is 3. The van der Waals surface area contributed by atoms with Gasteiger partial charge in [0.05, 0.1) is 6.54 Å². The zero-order chi connectivity index (χ0) is 17.8. The van der Waals surface area contributed by atoms with E-state index in [-0.39, 0.29) is 12.1 Å². The van der Waals surface area contributed by atoms with Crippen LogP contribution in [0.1, 0.15) is 22.3 Å². The molecule has 1 fully saturated rings. The largest absolute Gasteiger partial charge is 0.326 e. The highest BCUT2D eigenvalue weighted by molar-refractivity contribution is 6.09. The van der Waals surface area contributed by atoms with E-state index in [1.54, 1.807) is 0 Å². The van der Waals surface area contributed by atoms with E-state index in [1.807, 2.05) is 30.3 Å². The fraction of sp³-hybridized carbons (Fsp3) is 0.211. The lowest BCUT2D eigenvalue weighted by atomic mass is 10.1. The number of Topliss-reactive ketones (excluding diaryl/α,β-unsaturated/α-hetero) is 1. The molecule has 5 nitrogen and oxygen atoms in total.